The average Bonchev–Trinajstić information content (AvgIpc) is 3.07. The standard InChI is InChI=1S/C14H8Br2N2O/c15-9-1-3-11(17-7-9)13-5-6-14(19-13)12-4-2-10(16)8-18-12/h1-8H/i1D,2D,3D,4D,7D,8D. The van der Waals surface area contributed by atoms with E-state index in [2.05, 4.69) is 41.8 Å². The highest BCUT2D eigenvalue weighted by Gasteiger charge is 2.08. The minimum atomic E-state index is -0.207. The fourth-order valence-corrected chi connectivity index (χ4v) is 1.75. The topological polar surface area (TPSA) is 38.9 Å². The Morgan fingerprint density at radius 2 is 1.32 bits per heavy atom. The Balaban J connectivity index is 2.15. The number of hydrogen-bond donors (Lipinski definition) is 0. The number of rotatable bonds is 2. The first-order valence-corrected chi connectivity index (χ1v) is 6.68. The monoisotopic (exact) mass is 384 g/mol. The van der Waals surface area contributed by atoms with Gasteiger partial charge in [0.05, 0.1) is 8.22 Å². The van der Waals surface area contributed by atoms with Crippen molar-refractivity contribution in [3.8, 4) is 22.9 Å². The van der Waals surface area contributed by atoms with Gasteiger partial charge in [0.25, 0.3) is 0 Å². The Morgan fingerprint density at radius 1 is 0.842 bits per heavy atom. The van der Waals surface area contributed by atoms with Gasteiger partial charge in [-0.3, -0.25) is 9.97 Å². The van der Waals surface area contributed by atoms with E-state index >= 15 is 0 Å². The van der Waals surface area contributed by atoms with Crippen molar-refractivity contribution >= 4 is 31.9 Å². The maximum atomic E-state index is 7.98. The Kier molecular flexibility index (Phi) is 2.04. The molecule has 0 aliphatic heterocycles. The summed E-state index contributed by atoms with van der Waals surface area (Å²) in [5, 5.41) is 0. The largest absolute Gasteiger partial charge is 0.453 e. The van der Waals surface area contributed by atoms with Crippen molar-refractivity contribution in [1.29, 1.82) is 0 Å². The van der Waals surface area contributed by atoms with Gasteiger partial charge in [-0.2, -0.15) is 0 Å². The van der Waals surface area contributed by atoms with Gasteiger partial charge < -0.3 is 4.42 Å². The van der Waals surface area contributed by atoms with Crippen molar-refractivity contribution in [2.24, 2.45) is 0 Å². The number of aromatic nitrogens is 2. The Hall–Kier alpha value is -1.46. The van der Waals surface area contributed by atoms with Gasteiger partial charge in [0.1, 0.15) is 11.4 Å². The quantitative estimate of drug-likeness (QED) is 0.627. The predicted molar refractivity (Wildman–Crippen MR) is 80.6 cm³/mol. The van der Waals surface area contributed by atoms with Crippen molar-refractivity contribution in [2.75, 3.05) is 0 Å². The highest BCUT2D eigenvalue weighted by atomic mass is 79.9. The van der Waals surface area contributed by atoms with E-state index in [0.717, 1.165) is 0 Å². The molecule has 0 aliphatic carbocycles. The molecule has 0 radical (unpaired) electrons. The number of hydrogen-bond acceptors (Lipinski definition) is 3. The first-order chi connectivity index (χ1) is 11.7. The molecule has 0 atom stereocenters. The molecule has 5 heteroatoms. The van der Waals surface area contributed by atoms with Crippen molar-refractivity contribution in [1.82, 2.24) is 9.97 Å². The van der Waals surface area contributed by atoms with Gasteiger partial charge in [0.2, 0.25) is 0 Å². The molecule has 0 saturated carbocycles. The van der Waals surface area contributed by atoms with Crippen LogP contribution in [0.3, 0.4) is 0 Å². The second kappa shape index (κ2) is 5.27. The summed E-state index contributed by atoms with van der Waals surface area (Å²) in [6.45, 7) is 0. The molecular weight excluding hydrogens is 372 g/mol. The van der Waals surface area contributed by atoms with E-state index in [9.17, 15) is 0 Å². The molecule has 3 nitrogen and oxygen atoms in total. The van der Waals surface area contributed by atoms with Crippen LogP contribution in [0.25, 0.3) is 22.9 Å². The molecule has 0 saturated heterocycles. The van der Waals surface area contributed by atoms with Crippen molar-refractivity contribution in [2.45, 2.75) is 0 Å². The Bertz CT molecular complexity index is 930. The smallest absolute Gasteiger partial charge is 0.153 e. The summed E-state index contributed by atoms with van der Waals surface area (Å²) in [5.74, 6) is 0.272. The summed E-state index contributed by atoms with van der Waals surface area (Å²) in [7, 11) is 0. The summed E-state index contributed by atoms with van der Waals surface area (Å²) in [5.41, 5.74) is 0.0376. The zero-order valence-corrected chi connectivity index (χ0v) is 12.4. The fraction of sp³-hybridized carbons (Fsp3) is 0. The molecule has 0 spiro atoms. The highest BCUT2D eigenvalue weighted by molar-refractivity contribution is 9.10. The third kappa shape index (κ3) is 2.77. The van der Waals surface area contributed by atoms with Crippen LogP contribution < -0.4 is 0 Å². The summed E-state index contributed by atoms with van der Waals surface area (Å²) in [6, 6.07) is 2.19. The zero-order valence-electron chi connectivity index (χ0n) is 15.2. The number of nitrogens with zero attached hydrogens (tertiary/aromatic N) is 2. The predicted octanol–water partition coefficient (Wildman–Crippen LogP) is 4.93. The van der Waals surface area contributed by atoms with E-state index in [1.165, 1.54) is 12.1 Å². The number of furan rings is 1. The van der Waals surface area contributed by atoms with Crippen LogP contribution in [0.1, 0.15) is 8.22 Å². The average molecular weight is 386 g/mol. The van der Waals surface area contributed by atoms with Gasteiger partial charge in [-0.25, -0.2) is 0 Å². The van der Waals surface area contributed by atoms with Crippen LogP contribution in [0.15, 0.2) is 62.0 Å². The molecule has 0 amide bonds. The lowest BCUT2D eigenvalue weighted by Gasteiger charge is -1.98. The number of halogens is 2. The van der Waals surface area contributed by atoms with Crippen LogP contribution in [-0.4, -0.2) is 9.97 Å². The number of pyridine rings is 2. The van der Waals surface area contributed by atoms with E-state index in [0.29, 0.717) is 0 Å². The molecule has 0 N–H and O–H groups in total. The van der Waals surface area contributed by atoms with Crippen LogP contribution in [0.5, 0.6) is 0 Å². The molecule has 3 heterocycles. The van der Waals surface area contributed by atoms with Crippen LogP contribution in [0.2, 0.25) is 0 Å². The molecule has 0 aliphatic rings. The summed E-state index contributed by atoms with van der Waals surface area (Å²) < 4.78 is 52.9. The molecule has 0 unspecified atom stereocenters. The van der Waals surface area contributed by atoms with Gasteiger partial charge in [-0.1, -0.05) is 0 Å². The minimum absolute atomic E-state index is 0.0188. The first-order valence-electron chi connectivity index (χ1n) is 8.09. The second-order valence-electron chi connectivity index (χ2n) is 3.44. The van der Waals surface area contributed by atoms with Crippen LogP contribution in [0.4, 0.5) is 0 Å². The van der Waals surface area contributed by atoms with Crippen LogP contribution in [0, 0.1) is 0 Å². The van der Waals surface area contributed by atoms with Crippen molar-refractivity contribution < 1.29 is 12.6 Å². The van der Waals surface area contributed by atoms with E-state index in [4.69, 9.17) is 12.6 Å². The fourth-order valence-electron chi connectivity index (χ4n) is 1.38. The van der Waals surface area contributed by atoms with Gasteiger partial charge in [0.15, 0.2) is 11.5 Å². The van der Waals surface area contributed by atoms with Crippen molar-refractivity contribution in [3.63, 3.8) is 0 Å². The molecule has 3 aromatic rings. The van der Waals surface area contributed by atoms with Gasteiger partial charge in [-0.15, -0.1) is 0 Å². The lowest BCUT2D eigenvalue weighted by Crippen LogP contribution is -1.80. The molecule has 0 fully saturated rings. The zero-order chi connectivity index (χ0) is 18.5. The SMILES string of the molecule is [2H]c1nc(-c2ccc(-c3nc([2H])c(Br)c([2H])c3[2H])o2)c([2H])c([2H])c1Br. The first kappa shape index (κ1) is 7.36. The molecular formula is C14H8Br2N2O. The summed E-state index contributed by atoms with van der Waals surface area (Å²) in [4.78, 5) is 7.90. The van der Waals surface area contributed by atoms with Crippen LogP contribution >= 0.6 is 31.9 Å². The molecule has 94 valence electrons. The molecule has 19 heavy (non-hydrogen) atoms. The van der Waals surface area contributed by atoms with Crippen molar-refractivity contribution in [3.05, 3.63) is 57.6 Å². The lowest BCUT2D eigenvalue weighted by molar-refractivity contribution is 0.592. The van der Waals surface area contributed by atoms with E-state index in [-0.39, 0.29) is 68.4 Å². The third-order valence-corrected chi connectivity index (χ3v) is 2.94. The van der Waals surface area contributed by atoms with Crippen LogP contribution in [-0.2, 0) is 0 Å². The second-order valence-corrected chi connectivity index (χ2v) is 5.02. The van der Waals surface area contributed by atoms with E-state index in [1.54, 1.807) is 0 Å². The normalized spacial score (nSPS) is 15.1. The van der Waals surface area contributed by atoms with E-state index in [1.807, 2.05) is 0 Å². The van der Waals surface area contributed by atoms with Gasteiger partial charge in [-0.05, 0) is 68.2 Å². The molecule has 3 aromatic heterocycles. The molecule has 0 aromatic carbocycles. The van der Waals surface area contributed by atoms with Gasteiger partial charge in [0, 0.05) is 21.3 Å². The maximum absolute atomic E-state index is 7.98. The lowest BCUT2D eigenvalue weighted by atomic mass is 10.3. The van der Waals surface area contributed by atoms with E-state index < -0.39 is 0 Å². The molecule has 3 rings (SSSR count). The Morgan fingerprint density at radius 3 is 1.79 bits per heavy atom. The Labute approximate surface area is 135 Å². The maximum Gasteiger partial charge on any atom is 0.153 e. The molecule has 0 bridgehead atoms. The summed E-state index contributed by atoms with van der Waals surface area (Å²) in [6.07, 6.45) is -0.391. The third-order valence-electron chi connectivity index (χ3n) is 2.19. The summed E-state index contributed by atoms with van der Waals surface area (Å²) >= 11 is 6.08. The van der Waals surface area contributed by atoms with Gasteiger partial charge >= 0.3 is 0 Å². The minimum Gasteiger partial charge on any atom is -0.453 e. The highest BCUT2D eigenvalue weighted by Crippen LogP contribution is 2.27.